The van der Waals surface area contributed by atoms with Gasteiger partial charge in [-0.1, -0.05) is 11.7 Å². The average molecular weight is 719 g/mol. The van der Waals surface area contributed by atoms with Crippen molar-refractivity contribution in [3.05, 3.63) is 0 Å². The summed E-state index contributed by atoms with van der Waals surface area (Å²) >= 11 is 14.5. The minimum absolute atomic E-state index is 0.587. The highest BCUT2D eigenvalue weighted by Gasteiger charge is 2.04. The van der Waals surface area contributed by atoms with E-state index in [2.05, 4.69) is 11.7 Å². The van der Waals surface area contributed by atoms with Gasteiger partial charge in [0.1, 0.15) is 0 Å². The molecule has 0 atom stereocenters. The Kier molecular flexibility index (Phi) is 31.9. The fraction of sp³-hybridized carbons (Fsp3) is 1.00. The average Bonchev–Trinajstić information content (AvgIpc) is 2.54. The number of hydrogen-bond acceptors (Lipinski definition) is 21. The molecule has 0 aliphatic rings. The van der Waals surface area contributed by atoms with Gasteiger partial charge in [-0.05, 0) is 108 Å². The van der Waals surface area contributed by atoms with Gasteiger partial charge >= 0.3 is 0 Å². The van der Waals surface area contributed by atoms with Crippen LogP contribution in [0.2, 0.25) is 0 Å². The minimum atomic E-state index is -1.78. The SMILES string of the molecule is CCOS(=S)(=S)SSSSSSSSSSSSSSSSSS. The van der Waals surface area contributed by atoms with E-state index in [9.17, 15) is 0 Å². The van der Waals surface area contributed by atoms with Crippen LogP contribution in [0.5, 0.6) is 0 Å². The summed E-state index contributed by atoms with van der Waals surface area (Å²) in [5, 5.41) is 0. The van der Waals surface area contributed by atoms with Crippen LogP contribution < -0.4 is 0 Å². The molecule has 0 bridgehead atoms. The molecule has 0 aromatic carbocycles. The summed E-state index contributed by atoms with van der Waals surface area (Å²) in [5.74, 6) is 0. The van der Waals surface area contributed by atoms with E-state index in [4.69, 9.17) is 26.6 Å². The van der Waals surface area contributed by atoms with Crippen molar-refractivity contribution in [1.82, 2.24) is 0 Å². The van der Waals surface area contributed by atoms with Crippen LogP contribution in [0, 0.1) is 0 Å². The molecule has 0 aliphatic carbocycles. The molecule has 0 aromatic rings. The summed E-state index contributed by atoms with van der Waals surface area (Å²) < 4.78 is 5.35. The van der Waals surface area contributed by atoms with E-state index in [1.807, 2.05) is 6.92 Å². The summed E-state index contributed by atoms with van der Waals surface area (Å²) in [6.07, 6.45) is 0. The molecular formula is C2H6OS21. The largest absolute Gasteiger partial charge is 0.302 e. The van der Waals surface area contributed by atoms with Crippen LogP contribution >= 0.6 is 179 Å². The van der Waals surface area contributed by atoms with E-state index in [1.54, 1.807) is 147 Å². The molecule has 22 heteroatoms. The van der Waals surface area contributed by atoms with Gasteiger partial charge in [0.2, 0.25) is 0 Å². The van der Waals surface area contributed by atoms with Crippen molar-refractivity contribution in [2.45, 2.75) is 6.92 Å². The number of hydrogen-bond donors (Lipinski definition) is 1. The molecule has 1 nitrogen and oxygen atoms in total. The first-order valence-corrected chi connectivity index (χ1v) is 31.6. The van der Waals surface area contributed by atoms with E-state index >= 15 is 0 Å². The van der Waals surface area contributed by atoms with Crippen LogP contribution in [-0.4, -0.2) is 6.61 Å². The van der Waals surface area contributed by atoms with Crippen LogP contribution in [0.3, 0.4) is 0 Å². The van der Waals surface area contributed by atoms with Gasteiger partial charge in [-0.15, -0.1) is 0 Å². The molecule has 24 heavy (non-hydrogen) atoms. The zero-order valence-corrected chi connectivity index (χ0v) is 28.0. The fourth-order valence-corrected chi connectivity index (χ4v) is 49.9. The quantitative estimate of drug-likeness (QED) is 0.0770. The van der Waals surface area contributed by atoms with Crippen molar-refractivity contribution in [3.63, 3.8) is 0 Å². The fourth-order valence-electron chi connectivity index (χ4n) is 0.369. The van der Waals surface area contributed by atoms with Gasteiger partial charge in [0.15, 0.2) is 0 Å². The maximum absolute atomic E-state index is 5.35. The van der Waals surface area contributed by atoms with Crippen molar-refractivity contribution < 1.29 is 4.18 Å². The topological polar surface area (TPSA) is 9.23 Å². The van der Waals surface area contributed by atoms with Crippen LogP contribution in [0.1, 0.15) is 6.92 Å². The van der Waals surface area contributed by atoms with Crippen LogP contribution in [-0.2, 0) is 33.0 Å². The molecule has 0 fully saturated rings. The first-order valence-electron chi connectivity index (χ1n) is 4.51. The highest BCUT2D eigenvalue weighted by atomic mass is 34.1. The van der Waals surface area contributed by atoms with Crippen molar-refractivity contribution >= 4 is 208 Å². The Bertz CT molecular complexity index is 336. The maximum Gasteiger partial charge on any atom is 0.0820 e. The molecule has 0 N–H and O–H groups in total. The second kappa shape index (κ2) is 24.7. The Morgan fingerprint density at radius 3 is 1.33 bits per heavy atom. The lowest BCUT2D eigenvalue weighted by atomic mass is 10.9. The van der Waals surface area contributed by atoms with Gasteiger partial charge in [-0.3, -0.25) is 0 Å². The first-order chi connectivity index (χ1) is 11.6. The normalized spacial score (nSPS) is 11.9. The second-order valence-electron chi connectivity index (χ2n) is 1.98. The molecule has 146 valence electrons. The maximum atomic E-state index is 5.35. The third kappa shape index (κ3) is 25.3. The second-order valence-corrected chi connectivity index (χ2v) is 39.4. The Morgan fingerprint density at radius 2 is 1.00 bits per heavy atom. The Morgan fingerprint density at radius 1 is 0.667 bits per heavy atom. The monoisotopic (exact) mass is 717 g/mol. The van der Waals surface area contributed by atoms with Crippen LogP contribution in [0.15, 0.2) is 0 Å². The summed E-state index contributed by atoms with van der Waals surface area (Å²) in [7, 11) is 29.1. The summed E-state index contributed by atoms with van der Waals surface area (Å²) in [6, 6.07) is 0. The predicted octanol–water partition coefficient (Wildman–Crippen LogP) is 11.9. The van der Waals surface area contributed by atoms with Gasteiger partial charge in [-0.2, -0.15) is 0 Å². The van der Waals surface area contributed by atoms with Crippen molar-refractivity contribution in [2.75, 3.05) is 6.61 Å². The molecule has 0 radical (unpaired) electrons. The highest BCUT2D eigenvalue weighted by molar-refractivity contribution is 9.58. The Labute approximate surface area is 220 Å². The van der Waals surface area contributed by atoms with Crippen molar-refractivity contribution in [3.8, 4) is 0 Å². The Hall–Kier alpha value is 7.05. The lowest BCUT2D eigenvalue weighted by Crippen LogP contribution is -1.93. The van der Waals surface area contributed by atoms with Gasteiger partial charge in [0.25, 0.3) is 0 Å². The zero-order valence-electron chi connectivity index (χ0n) is 10.7. The predicted molar refractivity (Wildman–Crippen MR) is 172 cm³/mol. The molecule has 0 heterocycles. The number of thiol groups is 1. The smallest absolute Gasteiger partial charge is 0.0820 e. The molecule has 0 saturated carbocycles. The molecular weight excluding hydrogens is 713 g/mol. The minimum Gasteiger partial charge on any atom is -0.302 e. The third-order valence-electron chi connectivity index (χ3n) is 0.793. The zero-order chi connectivity index (χ0) is 17.9. The van der Waals surface area contributed by atoms with Crippen molar-refractivity contribution in [1.29, 1.82) is 0 Å². The summed E-state index contributed by atoms with van der Waals surface area (Å²) in [5.41, 5.74) is 0. The van der Waals surface area contributed by atoms with Gasteiger partial charge in [0, 0.05) is 88.4 Å². The van der Waals surface area contributed by atoms with E-state index in [0.717, 1.165) is 0 Å². The number of rotatable bonds is 19. The van der Waals surface area contributed by atoms with E-state index < -0.39 is 6.46 Å². The first kappa shape index (κ1) is 31.0. The van der Waals surface area contributed by atoms with Crippen LogP contribution in [0.25, 0.3) is 0 Å². The molecule has 0 aromatic heterocycles. The van der Waals surface area contributed by atoms with Gasteiger partial charge < -0.3 is 4.18 Å². The standard InChI is InChI=1S/C2H6OS21/c1-2-3-24(5,6)23-22-21-20-19-18-17-16-15-14-13-12-11-10-9-8-7-4/h4H,2H2,1H3. The molecule has 0 unspecified atom stereocenters. The molecule has 0 aliphatic heterocycles. The van der Waals surface area contributed by atoms with Crippen LogP contribution in [0.4, 0.5) is 0 Å². The van der Waals surface area contributed by atoms with E-state index in [-0.39, 0.29) is 0 Å². The lowest BCUT2D eigenvalue weighted by Gasteiger charge is -2.06. The third-order valence-corrected chi connectivity index (χ3v) is 43.1. The van der Waals surface area contributed by atoms with E-state index in [0.29, 0.717) is 6.61 Å². The summed E-state index contributed by atoms with van der Waals surface area (Å²) in [6.45, 7) is 0.721. The molecule has 0 rings (SSSR count). The van der Waals surface area contributed by atoms with Gasteiger partial charge in [-0.25, -0.2) is 0 Å². The Balaban J connectivity index is 3.13. The lowest BCUT2D eigenvalue weighted by molar-refractivity contribution is 0.402. The van der Waals surface area contributed by atoms with Gasteiger partial charge in [0.05, 0.1) is 13.1 Å². The highest BCUT2D eigenvalue weighted by Crippen LogP contribution is 2.64. The summed E-state index contributed by atoms with van der Waals surface area (Å²) in [4.78, 5) is 0. The molecule has 0 amide bonds. The van der Waals surface area contributed by atoms with Crippen molar-refractivity contribution in [2.24, 2.45) is 0 Å². The van der Waals surface area contributed by atoms with E-state index in [1.165, 1.54) is 19.7 Å². The molecule has 0 spiro atoms. The molecule has 0 saturated heterocycles.